The third-order valence-corrected chi connectivity index (χ3v) is 4.65. The molecule has 90 valence electrons. The quantitative estimate of drug-likeness (QED) is 0.835. The Hall–Kier alpha value is -0.0500. The Morgan fingerprint density at radius 1 is 1.00 bits per heavy atom. The minimum atomic E-state index is -4.15. The molecule has 0 aliphatic rings. The van der Waals surface area contributed by atoms with Gasteiger partial charge in [-0.3, -0.25) is 0 Å². The van der Waals surface area contributed by atoms with Crippen LogP contribution in [0.15, 0.2) is 21.9 Å². The van der Waals surface area contributed by atoms with E-state index in [1.54, 1.807) is 0 Å². The molecule has 0 unspecified atom stereocenters. The van der Waals surface area contributed by atoms with Crippen LogP contribution < -0.4 is 5.14 Å². The van der Waals surface area contributed by atoms with Crippen LogP contribution in [0, 0.1) is 0 Å². The van der Waals surface area contributed by atoms with Crippen molar-refractivity contribution in [2.75, 3.05) is 0 Å². The lowest BCUT2D eigenvalue weighted by atomic mass is 10.3. The molecule has 0 atom stereocenters. The zero-order valence-electron chi connectivity index (χ0n) is 7.32. The Kier molecular flexibility index (Phi) is 3.78. The van der Waals surface area contributed by atoms with Crippen LogP contribution in [0.5, 0.6) is 0 Å². The lowest BCUT2D eigenvalue weighted by Gasteiger charge is -2.05. The van der Waals surface area contributed by atoms with Gasteiger partial charge in [-0.25, -0.2) is 22.0 Å². The molecule has 0 heterocycles. The van der Waals surface area contributed by atoms with Crippen molar-refractivity contribution in [3.63, 3.8) is 0 Å². The molecule has 0 aliphatic heterocycles. The molecule has 2 N–H and O–H groups in total. The number of halogens is 3. The first-order valence-corrected chi connectivity index (χ1v) is 8.11. The third kappa shape index (κ3) is 2.99. The largest absolute Gasteiger partial charge is 0.264 e. The highest BCUT2D eigenvalue weighted by Gasteiger charge is 2.22. The van der Waals surface area contributed by atoms with Gasteiger partial charge in [0.15, 0.2) is 0 Å². The summed E-state index contributed by atoms with van der Waals surface area (Å²) in [5.74, 6) is 0. The Labute approximate surface area is 107 Å². The molecule has 5 nitrogen and oxygen atoms in total. The molecule has 0 saturated carbocycles. The fraction of sp³-hybridized carbons (Fsp3) is 0. The predicted molar refractivity (Wildman–Crippen MR) is 60.9 cm³/mol. The molecule has 0 spiro atoms. The molecule has 0 amide bonds. The smallest absolute Gasteiger partial charge is 0.225 e. The van der Waals surface area contributed by atoms with E-state index in [4.69, 9.17) is 39.0 Å². The third-order valence-electron chi connectivity index (χ3n) is 1.54. The maximum Gasteiger partial charge on any atom is 0.264 e. The molecule has 0 bridgehead atoms. The fourth-order valence-corrected chi connectivity index (χ4v) is 4.04. The normalized spacial score (nSPS) is 12.8. The topological polar surface area (TPSA) is 94.3 Å². The van der Waals surface area contributed by atoms with Crippen molar-refractivity contribution in [3.05, 3.63) is 22.2 Å². The molecule has 1 rings (SSSR count). The van der Waals surface area contributed by atoms with Crippen LogP contribution >= 0.6 is 33.9 Å². The van der Waals surface area contributed by atoms with Gasteiger partial charge in [0.2, 0.25) is 10.0 Å². The van der Waals surface area contributed by atoms with Gasteiger partial charge in [-0.15, -0.1) is 0 Å². The molecule has 1 aromatic rings. The summed E-state index contributed by atoms with van der Waals surface area (Å²) >= 11 is 11.1. The van der Waals surface area contributed by atoms with E-state index < -0.39 is 38.9 Å². The number of benzene rings is 1. The number of hydrogen-bond acceptors (Lipinski definition) is 4. The molecule has 0 aliphatic carbocycles. The van der Waals surface area contributed by atoms with Crippen LogP contribution in [-0.4, -0.2) is 16.8 Å². The lowest BCUT2D eigenvalue weighted by Crippen LogP contribution is -2.12. The summed E-state index contributed by atoms with van der Waals surface area (Å²) in [4.78, 5) is -0.948. The number of nitrogens with two attached hydrogens (primary N) is 1. The second kappa shape index (κ2) is 4.32. The Morgan fingerprint density at radius 2 is 1.38 bits per heavy atom. The lowest BCUT2D eigenvalue weighted by molar-refractivity contribution is 0.596. The summed E-state index contributed by atoms with van der Waals surface area (Å²) in [5, 5.41) is 4.00. The van der Waals surface area contributed by atoms with Crippen LogP contribution in [0.1, 0.15) is 0 Å². The maximum absolute atomic E-state index is 11.1. The summed E-state index contributed by atoms with van der Waals surface area (Å²) in [6.07, 6.45) is 0. The minimum absolute atomic E-state index is 0.397. The first-order chi connectivity index (χ1) is 7.03. The van der Waals surface area contributed by atoms with Crippen LogP contribution in [0.3, 0.4) is 0 Å². The van der Waals surface area contributed by atoms with E-state index in [9.17, 15) is 16.8 Å². The SMILES string of the molecule is NS(=O)(=O)c1cc(Cl)c(S(=O)(=O)Cl)c(Cl)c1. The van der Waals surface area contributed by atoms with Gasteiger partial charge in [-0.1, -0.05) is 23.2 Å². The van der Waals surface area contributed by atoms with E-state index in [0.717, 1.165) is 12.1 Å². The number of hydrogen-bond donors (Lipinski definition) is 1. The standard InChI is InChI=1S/C6H4Cl3NO4S2/c7-4-1-3(16(10,13)14)2-5(8)6(4)15(9,11)12/h1-2H,(H2,10,13,14). The fourth-order valence-electron chi connectivity index (χ4n) is 0.934. The van der Waals surface area contributed by atoms with E-state index in [0.29, 0.717) is 0 Å². The average Bonchev–Trinajstić information content (AvgIpc) is 1.97. The molecule has 0 fully saturated rings. The van der Waals surface area contributed by atoms with E-state index >= 15 is 0 Å². The minimum Gasteiger partial charge on any atom is -0.225 e. The highest BCUT2D eigenvalue weighted by Crippen LogP contribution is 2.34. The molecular formula is C6H4Cl3NO4S2. The maximum atomic E-state index is 11.1. The van der Waals surface area contributed by atoms with Crippen LogP contribution in [0.4, 0.5) is 0 Å². The average molecular weight is 325 g/mol. The van der Waals surface area contributed by atoms with Crippen molar-refractivity contribution in [2.45, 2.75) is 9.79 Å². The number of primary sulfonamides is 1. The van der Waals surface area contributed by atoms with Gasteiger partial charge in [0.05, 0.1) is 14.9 Å². The van der Waals surface area contributed by atoms with Crippen LogP contribution in [-0.2, 0) is 19.1 Å². The molecule has 0 radical (unpaired) electrons. The van der Waals surface area contributed by atoms with Crippen molar-refractivity contribution in [1.29, 1.82) is 0 Å². The zero-order valence-corrected chi connectivity index (χ0v) is 11.2. The van der Waals surface area contributed by atoms with Gasteiger partial charge in [-0.05, 0) is 12.1 Å². The molecule has 0 aromatic heterocycles. The van der Waals surface area contributed by atoms with Gasteiger partial charge in [0.1, 0.15) is 4.90 Å². The Morgan fingerprint density at radius 3 is 1.62 bits per heavy atom. The van der Waals surface area contributed by atoms with Gasteiger partial charge in [-0.2, -0.15) is 0 Å². The van der Waals surface area contributed by atoms with E-state index in [-0.39, 0.29) is 0 Å². The van der Waals surface area contributed by atoms with Crippen molar-refractivity contribution < 1.29 is 16.8 Å². The van der Waals surface area contributed by atoms with Crippen molar-refractivity contribution in [3.8, 4) is 0 Å². The number of rotatable bonds is 2. The molecule has 10 heteroatoms. The predicted octanol–water partition coefficient (Wildman–Crippen LogP) is 1.57. The monoisotopic (exact) mass is 323 g/mol. The molecule has 1 aromatic carbocycles. The zero-order chi connectivity index (χ0) is 12.7. The van der Waals surface area contributed by atoms with Gasteiger partial charge in [0.25, 0.3) is 9.05 Å². The van der Waals surface area contributed by atoms with Crippen molar-refractivity contribution in [2.24, 2.45) is 5.14 Å². The van der Waals surface area contributed by atoms with Crippen molar-refractivity contribution in [1.82, 2.24) is 0 Å². The van der Waals surface area contributed by atoms with E-state index in [1.807, 2.05) is 0 Å². The van der Waals surface area contributed by atoms with Crippen LogP contribution in [0.2, 0.25) is 10.0 Å². The second-order valence-electron chi connectivity index (χ2n) is 2.70. The molecule has 0 saturated heterocycles. The van der Waals surface area contributed by atoms with Crippen LogP contribution in [0.25, 0.3) is 0 Å². The summed E-state index contributed by atoms with van der Waals surface area (Å²) in [5.41, 5.74) is 0. The van der Waals surface area contributed by atoms with E-state index in [1.165, 1.54) is 0 Å². The first kappa shape index (κ1) is 14.0. The van der Waals surface area contributed by atoms with Gasteiger partial charge in [0, 0.05) is 10.7 Å². The Balaban J connectivity index is 3.66. The summed E-state index contributed by atoms with van der Waals surface area (Å²) in [7, 11) is -3.11. The second-order valence-corrected chi connectivity index (χ2v) is 7.58. The first-order valence-electron chi connectivity index (χ1n) is 3.50. The van der Waals surface area contributed by atoms with Gasteiger partial charge >= 0.3 is 0 Å². The highest BCUT2D eigenvalue weighted by atomic mass is 35.7. The van der Waals surface area contributed by atoms with Gasteiger partial charge < -0.3 is 0 Å². The molecular weight excluding hydrogens is 321 g/mol. The molecule has 16 heavy (non-hydrogen) atoms. The van der Waals surface area contributed by atoms with Crippen molar-refractivity contribution >= 4 is 53.0 Å². The number of sulfonamides is 1. The van der Waals surface area contributed by atoms with E-state index in [2.05, 4.69) is 0 Å². The summed E-state index contributed by atoms with van der Waals surface area (Å²) in [6.45, 7) is 0. The summed E-state index contributed by atoms with van der Waals surface area (Å²) in [6, 6.07) is 1.72. The summed E-state index contributed by atoms with van der Waals surface area (Å²) < 4.78 is 44.1. The highest BCUT2D eigenvalue weighted by molar-refractivity contribution is 8.14. The Bertz CT molecular complexity index is 615.